The number of H-pyrrole nitrogens is 1. The van der Waals surface area contributed by atoms with Crippen LogP contribution in [-0.2, 0) is 10.3 Å². The summed E-state index contributed by atoms with van der Waals surface area (Å²) in [5.41, 5.74) is -0.195. The van der Waals surface area contributed by atoms with Crippen molar-refractivity contribution < 1.29 is 19.1 Å². The Labute approximate surface area is 139 Å². The fraction of sp³-hybridized carbons (Fsp3) is 0.529. The van der Waals surface area contributed by atoms with Gasteiger partial charge in [0.15, 0.2) is 5.58 Å². The number of hydrogen-bond acceptors (Lipinski definition) is 5. The molecule has 1 aromatic heterocycles. The Kier molecular flexibility index (Phi) is 3.91. The number of fused-ring (bicyclic) bond motifs is 1. The lowest BCUT2D eigenvalue weighted by Crippen LogP contribution is -2.46. The van der Waals surface area contributed by atoms with Gasteiger partial charge >= 0.3 is 11.8 Å². The first kappa shape index (κ1) is 16.6. The molecule has 1 saturated heterocycles. The van der Waals surface area contributed by atoms with Crippen molar-refractivity contribution >= 4 is 17.2 Å². The number of para-hydroxylation sites is 1. The summed E-state index contributed by atoms with van der Waals surface area (Å²) in [5.74, 6) is -0.549. The normalized spacial score (nSPS) is 17.9. The van der Waals surface area contributed by atoms with Crippen LogP contribution in [0.25, 0.3) is 11.1 Å². The molecule has 1 aliphatic rings. The molecule has 0 spiro atoms. The highest BCUT2D eigenvalue weighted by molar-refractivity contribution is 5.77. The molecule has 1 aromatic carbocycles. The smallest absolute Gasteiger partial charge is 0.417 e. The fourth-order valence-corrected chi connectivity index (χ4v) is 3.00. The highest BCUT2D eigenvalue weighted by Gasteiger charge is 2.38. The molecule has 1 aliphatic heterocycles. The Morgan fingerprint density at radius 2 is 2.00 bits per heavy atom. The summed E-state index contributed by atoms with van der Waals surface area (Å²) < 4.78 is 10.5. The van der Waals surface area contributed by atoms with Gasteiger partial charge in [-0.25, -0.2) is 9.59 Å². The van der Waals surface area contributed by atoms with Gasteiger partial charge in [-0.3, -0.25) is 4.98 Å². The van der Waals surface area contributed by atoms with Crippen LogP contribution < -0.4 is 5.76 Å². The number of nitrogens with one attached hydrogen (secondary N) is 1. The molecule has 0 bridgehead atoms. The molecular formula is C17H22N2O5. The van der Waals surface area contributed by atoms with E-state index in [9.17, 15) is 14.7 Å². The van der Waals surface area contributed by atoms with Gasteiger partial charge in [-0.1, -0.05) is 12.1 Å². The number of carbonyl (C=O) groups excluding carboxylic acids is 1. The molecule has 2 N–H and O–H groups in total. The average Bonchev–Trinajstić information content (AvgIpc) is 2.85. The number of amides is 1. The first-order chi connectivity index (χ1) is 11.2. The predicted octanol–water partition coefficient (Wildman–Crippen LogP) is 2.34. The average molecular weight is 334 g/mol. The van der Waals surface area contributed by atoms with E-state index in [-0.39, 0.29) is 6.09 Å². The van der Waals surface area contributed by atoms with Crippen molar-refractivity contribution in [2.45, 2.75) is 44.8 Å². The van der Waals surface area contributed by atoms with E-state index in [1.807, 2.05) is 20.8 Å². The number of aliphatic hydroxyl groups is 1. The molecule has 2 aromatic rings. The van der Waals surface area contributed by atoms with Crippen LogP contribution in [-0.4, -0.2) is 39.8 Å². The zero-order valence-electron chi connectivity index (χ0n) is 14.1. The second-order valence-electron chi connectivity index (χ2n) is 7.20. The van der Waals surface area contributed by atoms with Gasteiger partial charge in [0, 0.05) is 18.7 Å². The minimum atomic E-state index is -1.14. The zero-order chi connectivity index (χ0) is 17.5. The molecule has 130 valence electrons. The Morgan fingerprint density at radius 3 is 2.62 bits per heavy atom. The minimum absolute atomic E-state index is 0.347. The molecule has 3 rings (SSSR count). The quantitative estimate of drug-likeness (QED) is 0.834. The number of aromatic nitrogens is 1. The summed E-state index contributed by atoms with van der Waals surface area (Å²) >= 11 is 0. The van der Waals surface area contributed by atoms with Gasteiger partial charge in [0.05, 0.1) is 11.1 Å². The summed E-state index contributed by atoms with van der Waals surface area (Å²) in [5, 5.41) is 11.0. The maximum Gasteiger partial charge on any atom is 0.417 e. The van der Waals surface area contributed by atoms with Crippen LogP contribution in [0, 0.1) is 0 Å². The Hall–Kier alpha value is -2.28. The third-order valence-electron chi connectivity index (χ3n) is 4.19. The summed E-state index contributed by atoms with van der Waals surface area (Å²) in [6.07, 6.45) is 0.316. The molecule has 1 amide bonds. The number of rotatable bonds is 1. The van der Waals surface area contributed by atoms with Crippen LogP contribution in [0.1, 0.15) is 39.2 Å². The molecule has 0 radical (unpaired) electrons. The SMILES string of the molecule is CC(C)(C)OC(=O)N1CCC(O)(c2cccc3[nH]c(=O)oc23)CC1. The fourth-order valence-electron chi connectivity index (χ4n) is 3.00. The molecule has 2 heterocycles. The molecule has 0 unspecified atom stereocenters. The van der Waals surface area contributed by atoms with Crippen LogP contribution in [0.3, 0.4) is 0 Å². The van der Waals surface area contributed by atoms with Crippen molar-refractivity contribution in [3.8, 4) is 0 Å². The van der Waals surface area contributed by atoms with E-state index in [1.165, 1.54) is 0 Å². The van der Waals surface area contributed by atoms with Gasteiger partial charge in [-0.15, -0.1) is 0 Å². The van der Waals surface area contributed by atoms with E-state index in [0.29, 0.717) is 42.6 Å². The van der Waals surface area contributed by atoms with E-state index in [0.717, 1.165) is 0 Å². The topological polar surface area (TPSA) is 95.8 Å². The largest absolute Gasteiger partial charge is 0.444 e. The maximum absolute atomic E-state index is 12.1. The van der Waals surface area contributed by atoms with Crippen molar-refractivity contribution in [3.05, 3.63) is 34.3 Å². The Balaban J connectivity index is 1.79. The standard InChI is InChI=1S/C17H22N2O5/c1-16(2,3)24-15(21)19-9-7-17(22,8-10-19)11-5-4-6-12-13(11)23-14(20)18-12/h4-6,22H,7-10H2,1-3H3,(H,18,20). The van der Waals surface area contributed by atoms with E-state index in [2.05, 4.69) is 4.98 Å². The third kappa shape index (κ3) is 3.17. The van der Waals surface area contributed by atoms with Crippen molar-refractivity contribution in [2.75, 3.05) is 13.1 Å². The molecule has 7 nitrogen and oxygen atoms in total. The minimum Gasteiger partial charge on any atom is -0.444 e. The van der Waals surface area contributed by atoms with Gasteiger partial charge in [0.2, 0.25) is 0 Å². The van der Waals surface area contributed by atoms with Gasteiger partial charge in [-0.2, -0.15) is 0 Å². The summed E-state index contributed by atoms with van der Waals surface area (Å²) in [6, 6.07) is 5.24. The first-order valence-electron chi connectivity index (χ1n) is 8.01. The monoisotopic (exact) mass is 334 g/mol. The van der Waals surface area contributed by atoms with Crippen molar-refractivity contribution in [1.82, 2.24) is 9.88 Å². The van der Waals surface area contributed by atoms with Gasteiger partial charge in [0.1, 0.15) is 5.60 Å². The lowest BCUT2D eigenvalue weighted by atomic mass is 9.84. The maximum atomic E-state index is 12.1. The lowest BCUT2D eigenvalue weighted by Gasteiger charge is -2.38. The van der Waals surface area contributed by atoms with Crippen LogP contribution in [0.5, 0.6) is 0 Å². The van der Waals surface area contributed by atoms with E-state index >= 15 is 0 Å². The number of ether oxygens (including phenoxy) is 1. The summed E-state index contributed by atoms with van der Waals surface area (Å²) in [6.45, 7) is 6.20. The molecule has 24 heavy (non-hydrogen) atoms. The molecule has 0 saturated carbocycles. The number of nitrogens with zero attached hydrogens (tertiary/aromatic N) is 1. The van der Waals surface area contributed by atoms with E-state index in [4.69, 9.17) is 9.15 Å². The van der Waals surface area contributed by atoms with Crippen molar-refractivity contribution in [2.24, 2.45) is 0 Å². The van der Waals surface area contributed by atoms with Crippen molar-refractivity contribution in [1.29, 1.82) is 0 Å². The van der Waals surface area contributed by atoms with E-state index < -0.39 is 17.0 Å². The Bertz CT molecular complexity index is 806. The van der Waals surface area contributed by atoms with Crippen LogP contribution >= 0.6 is 0 Å². The predicted molar refractivity (Wildman–Crippen MR) is 87.8 cm³/mol. The van der Waals surface area contributed by atoms with Crippen LogP contribution in [0.15, 0.2) is 27.4 Å². The molecule has 1 fully saturated rings. The molecular weight excluding hydrogens is 312 g/mol. The second kappa shape index (κ2) is 5.66. The molecule has 7 heteroatoms. The van der Waals surface area contributed by atoms with Gasteiger partial charge in [0.25, 0.3) is 0 Å². The van der Waals surface area contributed by atoms with E-state index in [1.54, 1.807) is 23.1 Å². The highest BCUT2D eigenvalue weighted by Crippen LogP contribution is 2.36. The number of piperidine rings is 1. The number of carbonyl (C=O) groups is 1. The lowest BCUT2D eigenvalue weighted by molar-refractivity contribution is -0.0352. The van der Waals surface area contributed by atoms with Gasteiger partial charge < -0.3 is 19.2 Å². The zero-order valence-corrected chi connectivity index (χ0v) is 14.1. The second-order valence-corrected chi connectivity index (χ2v) is 7.20. The van der Waals surface area contributed by atoms with Crippen molar-refractivity contribution in [3.63, 3.8) is 0 Å². The third-order valence-corrected chi connectivity index (χ3v) is 4.19. The van der Waals surface area contributed by atoms with Gasteiger partial charge in [-0.05, 0) is 39.7 Å². The number of oxazole rings is 1. The highest BCUT2D eigenvalue weighted by atomic mass is 16.6. The Morgan fingerprint density at radius 1 is 1.33 bits per heavy atom. The number of likely N-dealkylation sites (tertiary alicyclic amines) is 1. The molecule has 0 atom stereocenters. The summed E-state index contributed by atoms with van der Waals surface area (Å²) in [7, 11) is 0. The van der Waals surface area contributed by atoms with Crippen LogP contribution in [0.2, 0.25) is 0 Å². The molecule has 0 aliphatic carbocycles. The summed E-state index contributed by atoms with van der Waals surface area (Å²) in [4.78, 5) is 27.7. The number of benzene rings is 1. The van der Waals surface area contributed by atoms with Crippen LogP contribution in [0.4, 0.5) is 4.79 Å². The number of aromatic amines is 1. The number of hydrogen-bond donors (Lipinski definition) is 2. The first-order valence-corrected chi connectivity index (χ1v) is 8.01.